The van der Waals surface area contributed by atoms with Crippen LogP contribution >= 0.6 is 0 Å². The van der Waals surface area contributed by atoms with E-state index in [1.807, 2.05) is 32.3 Å². The molecule has 0 N–H and O–H groups in total. The van der Waals surface area contributed by atoms with Crippen molar-refractivity contribution in [3.63, 3.8) is 0 Å². The van der Waals surface area contributed by atoms with Crippen LogP contribution in [0.1, 0.15) is 111 Å². The highest BCUT2D eigenvalue weighted by Gasteiger charge is 2.59. The van der Waals surface area contributed by atoms with Crippen molar-refractivity contribution in [2.75, 3.05) is 19.0 Å². The number of hydrogen-bond acceptors (Lipinski definition) is 3. The van der Waals surface area contributed by atoms with Crippen molar-refractivity contribution in [1.29, 1.82) is 0 Å². The van der Waals surface area contributed by atoms with Gasteiger partial charge in [-0.05, 0) is 115 Å². The molecule has 0 amide bonds. The zero-order valence-electron chi connectivity index (χ0n) is 27.1. The maximum absolute atomic E-state index is 12.7. The number of allylic oxidation sites excluding steroid dienone is 1. The Morgan fingerprint density at radius 2 is 1.76 bits per heavy atom. The fourth-order valence-electron chi connectivity index (χ4n) is 10.0. The number of anilines is 1. The van der Waals surface area contributed by atoms with E-state index in [0.29, 0.717) is 5.41 Å². The first-order valence-corrected chi connectivity index (χ1v) is 16.9. The number of carbonyl (C=O) groups excluding carboxylic acids is 1. The van der Waals surface area contributed by atoms with Gasteiger partial charge in [-0.3, -0.25) is 0 Å². The van der Waals surface area contributed by atoms with Crippen molar-refractivity contribution in [2.24, 2.45) is 46.3 Å². The number of rotatable bonds is 9. The third kappa shape index (κ3) is 6.21. The van der Waals surface area contributed by atoms with Crippen LogP contribution in [0.4, 0.5) is 5.69 Å². The van der Waals surface area contributed by atoms with Crippen molar-refractivity contribution < 1.29 is 9.53 Å². The van der Waals surface area contributed by atoms with Crippen molar-refractivity contribution in [3.05, 3.63) is 47.6 Å². The zero-order valence-corrected chi connectivity index (χ0v) is 27.1. The molecule has 0 unspecified atom stereocenters. The lowest BCUT2D eigenvalue weighted by Crippen LogP contribution is -2.51. The van der Waals surface area contributed by atoms with Gasteiger partial charge in [-0.15, -0.1) is 0 Å². The molecule has 0 saturated heterocycles. The Morgan fingerprint density at radius 1 is 1.00 bits per heavy atom. The molecule has 4 aliphatic carbocycles. The first-order valence-electron chi connectivity index (χ1n) is 16.9. The Bertz CT molecular complexity index is 1120. The number of fused-ring (bicyclic) bond motifs is 5. The average Bonchev–Trinajstić information content (AvgIpc) is 3.29. The Kier molecular flexibility index (Phi) is 9.12. The normalized spacial score (nSPS) is 35.4. The van der Waals surface area contributed by atoms with E-state index in [1.54, 1.807) is 11.6 Å². The van der Waals surface area contributed by atoms with Crippen molar-refractivity contribution >= 4 is 17.7 Å². The van der Waals surface area contributed by atoms with Crippen LogP contribution < -0.4 is 4.90 Å². The molecular weight excluding hydrogens is 502 g/mol. The van der Waals surface area contributed by atoms with Gasteiger partial charge in [-0.1, -0.05) is 77.7 Å². The molecule has 3 heteroatoms. The van der Waals surface area contributed by atoms with Gasteiger partial charge in [-0.2, -0.15) is 0 Å². The van der Waals surface area contributed by atoms with Gasteiger partial charge in [0.05, 0.1) is 0 Å². The third-order valence-corrected chi connectivity index (χ3v) is 12.4. The monoisotopic (exact) mass is 559 g/mol. The Balaban J connectivity index is 1.19. The molecule has 0 aliphatic heterocycles. The van der Waals surface area contributed by atoms with E-state index in [9.17, 15) is 4.79 Å². The number of hydrogen-bond donors (Lipinski definition) is 0. The summed E-state index contributed by atoms with van der Waals surface area (Å²) in [6.45, 7) is 12.6. The molecule has 3 saturated carbocycles. The summed E-state index contributed by atoms with van der Waals surface area (Å²) in [5.41, 5.74) is 4.59. The maximum Gasteiger partial charge on any atom is 0.331 e. The molecule has 0 aromatic heterocycles. The summed E-state index contributed by atoms with van der Waals surface area (Å²) in [5, 5.41) is 0. The van der Waals surface area contributed by atoms with Crippen molar-refractivity contribution in [2.45, 2.75) is 111 Å². The number of ether oxygens (including phenoxy) is 1. The highest BCUT2D eigenvalue weighted by Crippen LogP contribution is 2.67. The van der Waals surface area contributed by atoms with E-state index in [4.69, 9.17) is 4.74 Å². The van der Waals surface area contributed by atoms with E-state index in [2.05, 4.69) is 57.7 Å². The van der Waals surface area contributed by atoms with Crippen LogP contribution in [0.2, 0.25) is 0 Å². The van der Waals surface area contributed by atoms with E-state index < -0.39 is 0 Å². The second-order valence-corrected chi connectivity index (χ2v) is 15.4. The van der Waals surface area contributed by atoms with E-state index in [1.165, 1.54) is 51.4 Å². The standard InChI is InChI=1S/C38H57NO2/c1-26(2)9-8-10-27(3)33-18-19-34-32-17-14-29-25-31(21-23-37(29,4)35(32)22-24-38(33,34)5)41-36(40)20-13-28-11-15-30(16-12-28)39(6)7/h11-16,20,26-27,31-35H,8-10,17-19,21-25H2,1-7H3/b20-13+/t27-,31+,32-,33+,34-,35-,37+,38-/m1/s1. The lowest BCUT2D eigenvalue weighted by atomic mass is 9.47. The summed E-state index contributed by atoms with van der Waals surface area (Å²) in [5.74, 6) is 4.93. The topological polar surface area (TPSA) is 29.5 Å². The Hall–Kier alpha value is -2.03. The van der Waals surface area contributed by atoms with Gasteiger partial charge in [0.25, 0.3) is 0 Å². The first-order chi connectivity index (χ1) is 19.5. The minimum absolute atomic E-state index is 0.00977. The smallest absolute Gasteiger partial charge is 0.331 e. The maximum atomic E-state index is 12.7. The minimum atomic E-state index is -0.211. The van der Waals surface area contributed by atoms with Crippen LogP contribution in [-0.2, 0) is 9.53 Å². The van der Waals surface area contributed by atoms with Gasteiger partial charge in [0, 0.05) is 32.3 Å². The van der Waals surface area contributed by atoms with Crippen LogP contribution in [0.15, 0.2) is 42.0 Å². The van der Waals surface area contributed by atoms with Gasteiger partial charge in [0.1, 0.15) is 6.10 Å². The molecule has 1 aromatic carbocycles. The van der Waals surface area contributed by atoms with E-state index >= 15 is 0 Å². The van der Waals surface area contributed by atoms with Crippen molar-refractivity contribution in [1.82, 2.24) is 0 Å². The third-order valence-electron chi connectivity index (χ3n) is 12.4. The number of carbonyl (C=O) groups is 1. The molecule has 0 heterocycles. The van der Waals surface area contributed by atoms with Gasteiger partial charge in [0.2, 0.25) is 0 Å². The van der Waals surface area contributed by atoms with Crippen molar-refractivity contribution in [3.8, 4) is 0 Å². The molecule has 41 heavy (non-hydrogen) atoms. The highest BCUT2D eigenvalue weighted by molar-refractivity contribution is 5.87. The van der Waals surface area contributed by atoms with E-state index in [-0.39, 0.29) is 17.5 Å². The average molecular weight is 560 g/mol. The predicted molar refractivity (Wildman–Crippen MR) is 173 cm³/mol. The number of nitrogens with zero attached hydrogens (tertiary/aromatic N) is 1. The van der Waals surface area contributed by atoms with Crippen LogP contribution in [0.5, 0.6) is 0 Å². The van der Waals surface area contributed by atoms with Crippen LogP contribution in [0.25, 0.3) is 6.08 Å². The SMILES string of the molecule is CC(C)CCC[C@@H](C)[C@@H]1CC[C@@H]2[C@H]3CC=C4C[C@@H](OC(=O)/C=C/c5ccc(N(C)C)cc5)CC[C@]4(C)[C@@H]3CC[C@@]21C. The molecule has 3 fully saturated rings. The first kappa shape index (κ1) is 30.4. The molecule has 226 valence electrons. The fourth-order valence-corrected chi connectivity index (χ4v) is 10.0. The molecule has 8 atom stereocenters. The molecule has 0 spiro atoms. The van der Waals surface area contributed by atoms with Gasteiger partial charge in [-0.25, -0.2) is 4.79 Å². The summed E-state index contributed by atoms with van der Waals surface area (Å²) < 4.78 is 6.00. The molecule has 0 radical (unpaired) electrons. The van der Waals surface area contributed by atoms with E-state index in [0.717, 1.165) is 66.0 Å². The van der Waals surface area contributed by atoms with Gasteiger partial charge in [0.15, 0.2) is 0 Å². The molecule has 5 rings (SSSR count). The molecule has 3 nitrogen and oxygen atoms in total. The van der Waals surface area contributed by atoms with Crippen LogP contribution in [-0.4, -0.2) is 26.2 Å². The summed E-state index contributed by atoms with van der Waals surface area (Å²) in [6, 6.07) is 8.24. The lowest BCUT2D eigenvalue weighted by Gasteiger charge is -2.58. The predicted octanol–water partition coefficient (Wildman–Crippen LogP) is 9.72. The summed E-state index contributed by atoms with van der Waals surface area (Å²) >= 11 is 0. The second-order valence-electron chi connectivity index (χ2n) is 15.4. The highest BCUT2D eigenvalue weighted by atomic mass is 16.5. The fraction of sp³-hybridized carbons (Fsp3) is 0.711. The lowest BCUT2D eigenvalue weighted by molar-refractivity contribution is -0.145. The van der Waals surface area contributed by atoms with Crippen LogP contribution in [0, 0.1) is 46.3 Å². The van der Waals surface area contributed by atoms with Gasteiger partial charge < -0.3 is 9.64 Å². The zero-order chi connectivity index (χ0) is 29.4. The quantitative estimate of drug-likeness (QED) is 0.171. The molecule has 0 bridgehead atoms. The second kappa shape index (κ2) is 12.3. The number of esters is 1. The Morgan fingerprint density at radius 3 is 2.46 bits per heavy atom. The summed E-state index contributed by atoms with van der Waals surface area (Å²) in [4.78, 5) is 14.8. The molecule has 4 aliphatic rings. The summed E-state index contributed by atoms with van der Waals surface area (Å²) in [7, 11) is 4.07. The largest absolute Gasteiger partial charge is 0.459 e. The summed E-state index contributed by atoms with van der Waals surface area (Å²) in [6.07, 6.45) is 20.3. The Labute approximate surface area is 251 Å². The molecular formula is C38H57NO2. The van der Waals surface area contributed by atoms with Gasteiger partial charge >= 0.3 is 5.97 Å². The number of benzene rings is 1. The molecule has 1 aromatic rings. The van der Waals surface area contributed by atoms with Crippen LogP contribution in [0.3, 0.4) is 0 Å². The minimum Gasteiger partial charge on any atom is -0.459 e.